The van der Waals surface area contributed by atoms with Crippen molar-refractivity contribution >= 4 is 10.8 Å². The number of rotatable bonds is 3. The molecule has 18 heavy (non-hydrogen) atoms. The fraction of sp³-hybridized carbons (Fsp3) is 0.400. The predicted octanol–water partition coefficient (Wildman–Crippen LogP) is 3.08. The van der Waals surface area contributed by atoms with E-state index < -0.39 is 6.10 Å². The molecule has 3 heteroatoms. The van der Waals surface area contributed by atoms with Crippen LogP contribution in [0.2, 0.25) is 0 Å². The van der Waals surface area contributed by atoms with Crippen LogP contribution in [0.3, 0.4) is 0 Å². The summed E-state index contributed by atoms with van der Waals surface area (Å²) in [6.07, 6.45) is 2.93. The third-order valence-corrected chi connectivity index (χ3v) is 2.75. The van der Waals surface area contributed by atoms with Crippen LogP contribution in [-0.4, -0.2) is 22.3 Å². The number of hydrogen-bond donors (Lipinski definition) is 1. The van der Waals surface area contributed by atoms with Crippen molar-refractivity contribution in [1.29, 1.82) is 0 Å². The molecule has 0 bridgehead atoms. The maximum atomic E-state index is 10.2. The molecule has 2 rings (SSSR count). The molecule has 1 heterocycles. The summed E-state index contributed by atoms with van der Waals surface area (Å²) in [5, 5.41) is 12.3. The van der Waals surface area contributed by atoms with Gasteiger partial charge in [-0.1, -0.05) is 18.2 Å². The molecule has 2 aromatic rings. The fourth-order valence-electron chi connectivity index (χ4n) is 1.86. The van der Waals surface area contributed by atoms with Gasteiger partial charge in [0.25, 0.3) is 0 Å². The van der Waals surface area contributed by atoms with Crippen LogP contribution in [-0.2, 0) is 4.74 Å². The van der Waals surface area contributed by atoms with Gasteiger partial charge in [0.2, 0.25) is 0 Å². The zero-order chi connectivity index (χ0) is 13.2. The minimum absolute atomic E-state index is 0.243. The van der Waals surface area contributed by atoms with E-state index in [1.165, 1.54) is 0 Å². The number of aromatic nitrogens is 1. The summed E-state index contributed by atoms with van der Waals surface area (Å²) < 4.78 is 5.63. The smallest absolute Gasteiger partial charge is 0.103 e. The molecule has 0 amide bonds. The number of ether oxygens (including phenoxy) is 1. The number of fused-ring (bicyclic) bond motifs is 1. The summed E-state index contributed by atoms with van der Waals surface area (Å²) in [5.74, 6) is 0. The highest BCUT2D eigenvalue weighted by Gasteiger charge is 2.16. The Labute approximate surface area is 107 Å². The van der Waals surface area contributed by atoms with Crippen LogP contribution in [0.1, 0.15) is 32.4 Å². The van der Waals surface area contributed by atoms with Gasteiger partial charge in [-0.05, 0) is 37.8 Å². The Morgan fingerprint density at radius 3 is 2.78 bits per heavy atom. The first-order valence-electron chi connectivity index (χ1n) is 6.12. The van der Waals surface area contributed by atoms with Crippen LogP contribution < -0.4 is 0 Å². The molecular formula is C15H19NO2. The lowest BCUT2D eigenvalue weighted by Crippen LogP contribution is -2.22. The van der Waals surface area contributed by atoms with E-state index in [-0.39, 0.29) is 5.60 Å². The van der Waals surface area contributed by atoms with Gasteiger partial charge in [-0.3, -0.25) is 4.98 Å². The van der Waals surface area contributed by atoms with E-state index in [0.717, 1.165) is 16.3 Å². The predicted molar refractivity (Wildman–Crippen MR) is 72.4 cm³/mol. The molecule has 1 atom stereocenters. The first kappa shape index (κ1) is 13.0. The maximum absolute atomic E-state index is 10.2. The van der Waals surface area contributed by atoms with Crippen molar-refractivity contribution < 1.29 is 9.84 Å². The summed E-state index contributed by atoms with van der Waals surface area (Å²) >= 11 is 0. The van der Waals surface area contributed by atoms with Gasteiger partial charge in [0.15, 0.2) is 0 Å². The number of aliphatic hydroxyl groups excluding tert-OH is 1. The monoisotopic (exact) mass is 245 g/mol. The van der Waals surface area contributed by atoms with Gasteiger partial charge in [0.1, 0.15) is 6.10 Å². The van der Waals surface area contributed by atoms with Crippen molar-refractivity contribution in [3.05, 3.63) is 42.2 Å². The molecule has 0 saturated carbocycles. The highest BCUT2D eigenvalue weighted by atomic mass is 16.5. The lowest BCUT2D eigenvalue weighted by Gasteiger charge is -2.22. The first-order valence-corrected chi connectivity index (χ1v) is 6.12. The van der Waals surface area contributed by atoms with E-state index in [4.69, 9.17) is 4.74 Å². The molecular weight excluding hydrogens is 226 g/mol. The molecule has 0 aliphatic rings. The first-order chi connectivity index (χ1) is 8.47. The molecule has 0 fully saturated rings. The lowest BCUT2D eigenvalue weighted by atomic mass is 10.0. The van der Waals surface area contributed by atoms with Crippen molar-refractivity contribution in [2.45, 2.75) is 32.5 Å². The van der Waals surface area contributed by atoms with Crippen molar-refractivity contribution in [2.24, 2.45) is 0 Å². The molecule has 1 aromatic carbocycles. The number of hydrogen-bond acceptors (Lipinski definition) is 3. The number of aliphatic hydroxyl groups is 1. The average molecular weight is 245 g/mol. The normalized spacial score (nSPS) is 13.8. The van der Waals surface area contributed by atoms with Gasteiger partial charge in [0, 0.05) is 17.8 Å². The Balaban J connectivity index is 2.25. The van der Waals surface area contributed by atoms with Crippen LogP contribution >= 0.6 is 0 Å². The second-order valence-corrected chi connectivity index (χ2v) is 5.38. The molecule has 96 valence electrons. The fourth-order valence-corrected chi connectivity index (χ4v) is 1.86. The SMILES string of the molecule is CC(C)(C)OCC(O)c1cccc2cnccc12. The van der Waals surface area contributed by atoms with E-state index >= 15 is 0 Å². The largest absolute Gasteiger partial charge is 0.386 e. The Kier molecular flexibility index (Phi) is 3.64. The minimum Gasteiger partial charge on any atom is -0.386 e. The summed E-state index contributed by atoms with van der Waals surface area (Å²) in [6.45, 7) is 6.23. The Hall–Kier alpha value is -1.45. The topological polar surface area (TPSA) is 42.4 Å². The van der Waals surface area contributed by atoms with Crippen LogP contribution in [0, 0.1) is 0 Å². The Morgan fingerprint density at radius 2 is 2.06 bits per heavy atom. The summed E-state index contributed by atoms with van der Waals surface area (Å²) in [5.41, 5.74) is 0.645. The highest BCUT2D eigenvalue weighted by molar-refractivity contribution is 5.85. The molecule has 0 radical (unpaired) electrons. The highest BCUT2D eigenvalue weighted by Crippen LogP contribution is 2.24. The Morgan fingerprint density at radius 1 is 1.28 bits per heavy atom. The van der Waals surface area contributed by atoms with Gasteiger partial charge in [-0.15, -0.1) is 0 Å². The molecule has 1 unspecified atom stereocenters. The zero-order valence-electron chi connectivity index (χ0n) is 11.1. The molecule has 0 aliphatic carbocycles. The number of nitrogens with zero attached hydrogens (tertiary/aromatic N) is 1. The molecule has 0 spiro atoms. The lowest BCUT2D eigenvalue weighted by molar-refractivity contribution is -0.0492. The van der Waals surface area contributed by atoms with E-state index in [9.17, 15) is 5.11 Å². The second kappa shape index (κ2) is 5.04. The summed E-state index contributed by atoms with van der Waals surface area (Å²) in [6, 6.07) is 7.77. The molecule has 3 nitrogen and oxygen atoms in total. The summed E-state index contributed by atoms with van der Waals surface area (Å²) in [4.78, 5) is 4.09. The van der Waals surface area contributed by atoms with E-state index in [0.29, 0.717) is 6.61 Å². The van der Waals surface area contributed by atoms with Gasteiger partial charge in [-0.2, -0.15) is 0 Å². The van der Waals surface area contributed by atoms with Gasteiger partial charge >= 0.3 is 0 Å². The molecule has 1 aromatic heterocycles. The minimum atomic E-state index is -0.615. The van der Waals surface area contributed by atoms with Crippen molar-refractivity contribution in [3.63, 3.8) is 0 Å². The standard InChI is InChI=1S/C15H19NO2/c1-15(2,3)18-10-14(17)13-6-4-5-11-9-16-8-7-12(11)13/h4-9,14,17H,10H2,1-3H3. The van der Waals surface area contributed by atoms with Crippen LogP contribution in [0.15, 0.2) is 36.7 Å². The maximum Gasteiger partial charge on any atom is 0.103 e. The quantitative estimate of drug-likeness (QED) is 0.903. The van der Waals surface area contributed by atoms with Crippen LogP contribution in [0.4, 0.5) is 0 Å². The molecule has 0 saturated heterocycles. The van der Waals surface area contributed by atoms with Gasteiger partial charge < -0.3 is 9.84 Å². The summed E-state index contributed by atoms with van der Waals surface area (Å²) in [7, 11) is 0. The van der Waals surface area contributed by atoms with E-state index in [1.807, 2.05) is 45.0 Å². The average Bonchev–Trinajstić information content (AvgIpc) is 2.34. The third-order valence-electron chi connectivity index (χ3n) is 2.75. The van der Waals surface area contributed by atoms with Crippen molar-refractivity contribution in [3.8, 4) is 0 Å². The van der Waals surface area contributed by atoms with E-state index in [1.54, 1.807) is 12.4 Å². The van der Waals surface area contributed by atoms with E-state index in [2.05, 4.69) is 4.98 Å². The number of benzene rings is 1. The van der Waals surface area contributed by atoms with Gasteiger partial charge in [0.05, 0.1) is 12.2 Å². The zero-order valence-corrected chi connectivity index (χ0v) is 11.1. The van der Waals surface area contributed by atoms with Crippen molar-refractivity contribution in [2.75, 3.05) is 6.61 Å². The van der Waals surface area contributed by atoms with Crippen LogP contribution in [0.5, 0.6) is 0 Å². The van der Waals surface area contributed by atoms with Crippen LogP contribution in [0.25, 0.3) is 10.8 Å². The van der Waals surface area contributed by atoms with Gasteiger partial charge in [-0.25, -0.2) is 0 Å². The third kappa shape index (κ3) is 3.06. The second-order valence-electron chi connectivity index (χ2n) is 5.38. The Bertz CT molecular complexity index is 526. The molecule has 1 N–H and O–H groups in total. The molecule has 0 aliphatic heterocycles. The number of pyridine rings is 1. The van der Waals surface area contributed by atoms with Crippen molar-refractivity contribution in [1.82, 2.24) is 4.98 Å².